The van der Waals surface area contributed by atoms with E-state index in [0.717, 1.165) is 11.4 Å². The Kier molecular flexibility index (Phi) is 4.50. The van der Waals surface area contributed by atoms with Crippen molar-refractivity contribution in [2.45, 2.75) is 38.3 Å². The van der Waals surface area contributed by atoms with Gasteiger partial charge < -0.3 is 10.1 Å². The van der Waals surface area contributed by atoms with Gasteiger partial charge in [-0.05, 0) is 50.1 Å². The third-order valence-electron chi connectivity index (χ3n) is 3.68. The molecule has 1 aromatic heterocycles. The molecular formula is C17H18FN3O2. The predicted octanol–water partition coefficient (Wildman–Crippen LogP) is 2.58. The number of halogens is 1. The molecule has 1 atom stereocenters. The van der Waals surface area contributed by atoms with Gasteiger partial charge in [-0.15, -0.1) is 0 Å². The molecule has 1 N–H and O–H groups in total. The summed E-state index contributed by atoms with van der Waals surface area (Å²) in [6.45, 7) is 1.98. The maximum absolute atomic E-state index is 12.8. The highest BCUT2D eigenvalue weighted by Gasteiger charge is 2.25. The number of carbonyl (C=O) groups is 1. The quantitative estimate of drug-likeness (QED) is 0.890. The van der Waals surface area contributed by atoms with E-state index >= 15 is 0 Å². The van der Waals surface area contributed by atoms with Crippen LogP contribution in [0.5, 0.6) is 5.75 Å². The van der Waals surface area contributed by atoms with Gasteiger partial charge >= 0.3 is 0 Å². The summed E-state index contributed by atoms with van der Waals surface area (Å²) < 4.78 is 18.3. The Morgan fingerprint density at radius 2 is 2.09 bits per heavy atom. The fourth-order valence-electron chi connectivity index (χ4n) is 2.21. The molecule has 1 aliphatic carbocycles. The van der Waals surface area contributed by atoms with Gasteiger partial charge in [-0.3, -0.25) is 4.79 Å². The molecule has 6 heteroatoms. The zero-order valence-electron chi connectivity index (χ0n) is 12.8. The first-order chi connectivity index (χ1) is 11.1. The number of ether oxygens (including phenoxy) is 1. The van der Waals surface area contributed by atoms with Gasteiger partial charge in [-0.25, -0.2) is 14.4 Å². The van der Waals surface area contributed by atoms with Crippen LogP contribution in [0.1, 0.15) is 37.1 Å². The van der Waals surface area contributed by atoms with E-state index in [2.05, 4.69) is 15.3 Å². The van der Waals surface area contributed by atoms with Gasteiger partial charge in [0.1, 0.15) is 17.9 Å². The molecule has 1 fully saturated rings. The zero-order valence-corrected chi connectivity index (χ0v) is 12.8. The molecule has 0 spiro atoms. The maximum atomic E-state index is 12.8. The highest BCUT2D eigenvalue weighted by molar-refractivity contribution is 5.80. The minimum Gasteiger partial charge on any atom is -0.481 e. The van der Waals surface area contributed by atoms with Crippen molar-refractivity contribution in [3.63, 3.8) is 0 Å². The molecule has 2 aromatic rings. The van der Waals surface area contributed by atoms with Crippen LogP contribution in [0.3, 0.4) is 0 Å². The summed E-state index contributed by atoms with van der Waals surface area (Å²) in [4.78, 5) is 20.5. The Bertz CT molecular complexity index is 686. The summed E-state index contributed by atoms with van der Waals surface area (Å²) in [6.07, 6.45) is 3.20. The number of hydrogen-bond donors (Lipinski definition) is 1. The first-order valence-corrected chi connectivity index (χ1v) is 7.62. The van der Waals surface area contributed by atoms with Crippen molar-refractivity contribution in [3.05, 3.63) is 53.9 Å². The molecule has 0 bridgehead atoms. The summed E-state index contributed by atoms with van der Waals surface area (Å²) in [5.74, 6) is 0.408. The highest BCUT2D eigenvalue weighted by Crippen LogP contribution is 2.38. The van der Waals surface area contributed by atoms with E-state index in [-0.39, 0.29) is 11.7 Å². The Morgan fingerprint density at radius 3 is 2.78 bits per heavy atom. The number of rotatable bonds is 6. The van der Waals surface area contributed by atoms with Crippen LogP contribution in [-0.2, 0) is 11.3 Å². The van der Waals surface area contributed by atoms with Gasteiger partial charge in [0.2, 0.25) is 0 Å². The SMILES string of the molecule is CC(Oc1ccc(F)cc1)C(=O)NCc1cc(C2CC2)ncn1. The van der Waals surface area contributed by atoms with E-state index < -0.39 is 6.10 Å². The molecule has 1 amide bonds. The smallest absolute Gasteiger partial charge is 0.261 e. The molecule has 23 heavy (non-hydrogen) atoms. The minimum atomic E-state index is -0.676. The molecule has 1 unspecified atom stereocenters. The first kappa shape index (κ1) is 15.4. The van der Waals surface area contributed by atoms with Crippen molar-refractivity contribution in [1.29, 1.82) is 0 Å². The number of benzene rings is 1. The van der Waals surface area contributed by atoms with Crippen LogP contribution in [0.4, 0.5) is 4.39 Å². The molecular weight excluding hydrogens is 297 g/mol. The average molecular weight is 315 g/mol. The molecule has 0 aliphatic heterocycles. The monoisotopic (exact) mass is 315 g/mol. The summed E-state index contributed by atoms with van der Waals surface area (Å²) in [6, 6.07) is 7.50. The van der Waals surface area contributed by atoms with E-state index in [1.54, 1.807) is 6.92 Å². The van der Waals surface area contributed by atoms with Crippen LogP contribution in [0.15, 0.2) is 36.7 Å². The van der Waals surface area contributed by atoms with Gasteiger partial charge in [0.25, 0.3) is 5.91 Å². The third-order valence-corrected chi connectivity index (χ3v) is 3.68. The second-order valence-corrected chi connectivity index (χ2v) is 5.64. The number of nitrogens with one attached hydrogen (secondary N) is 1. The van der Waals surface area contributed by atoms with E-state index in [0.29, 0.717) is 18.2 Å². The van der Waals surface area contributed by atoms with Crippen molar-refractivity contribution in [3.8, 4) is 5.75 Å². The molecule has 0 saturated heterocycles. The molecule has 120 valence electrons. The van der Waals surface area contributed by atoms with Crippen molar-refractivity contribution in [2.75, 3.05) is 0 Å². The van der Waals surface area contributed by atoms with Crippen LogP contribution < -0.4 is 10.1 Å². The summed E-state index contributed by atoms with van der Waals surface area (Å²) in [7, 11) is 0. The molecule has 1 saturated carbocycles. The van der Waals surface area contributed by atoms with Crippen LogP contribution in [-0.4, -0.2) is 22.0 Å². The lowest BCUT2D eigenvalue weighted by atomic mass is 10.2. The van der Waals surface area contributed by atoms with E-state index in [9.17, 15) is 9.18 Å². The van der Waals surface area contributed by atoms with Crippen molar-refractivity contribution < 1.29 is 13.9 Å². The minimum absolute atomic E-state index is 0.249. The van der Waals surface area contributed by atoms with E-state index in [4.69, 9.17) is 4.74 Å². The van der Waals surface area contributed by atoms with Crippen LogP contribution in [0.25, 0.3) is 0 Å². The standard InChI is InChI=1S/C17H18FN3O2/c1-11(23-15-6-4-13(18)5-7-15)17(22)19-9-14-8-16(12-2-3-12)21-10-20-14/h4-8,10-12H,2-3,9H2,1H3,(H,19,22). The fraction of sp³-hybridized carbons (Fsp3) is 0.353. The number of carbonyl (C=O) groups excluding carboxylic acids is 1. The maximum Gasteiger partial charge on any atom is 0.261 e. The molecule has 0 radical (unpaired) electrons. The van der Waals surface area contributed by atoms with Gasteiger partial charge in [0, 0.05) is 11.6 Å². The summed E-state index contributed by atoms with van der Waals surface area (Å²) in [5, 5.41) is 2.79. The molecule has 1 aromatic carbocycles. The highest BCUT2D eigenvalue weighted by atomic mass is 19.1. The number of nitrogens with zero attached hydrogens (tertiary/aromatic N) is 2. The summed E-state index contributed by atoms with van der Waals surface area (Å²) in [5.41, 5.74) is 1.82. The van der Waals surface area contributed by atoms with Crippen LogP contribution in [0, 0.1) is 5.82 Å². The van der Waals surface area contributed by atoms with E-state index in [1.807, 2.05) is 6.07 Å². The predicted molar refractivity (Wildman–Crippen MR) is 82.3 cm³/mol. The first-order valence-electron chi connectivity index (χ1n) is 7.62. The molecule has 5 nitrogen and oxygen atoms in total. The van der Waals surface area contributed by atoms with Gasteiger partial charge in [-0.1, -0.05) is 0 Å². The second-order valence-electron chi connectivity index (χ2n) is 5.64. The zero-order chi connectivity index (χ0) is 16.2. The molecule has 1 heterocycles. The lowest BCUT2D eigenvalue weighted by molar-refractivity contribution is -0.127. The number of amides is 1. The van der Waals surface area contributed by atoms with Crippen molar-refractivity contribution in [1.82, 2.24) is 15.3 Å². The topological polar surface area (TPSA) is 64.1 Å². The fourth-order valence-corrected chi connectivity index (χ4v) is 2.21. The van der Waals surface area contributed by atoms with Gasteiger partial charge in [0.15, 0.2) is 6.10 Å². The lowest BCUT2D eigenvalue weighted by Crippen LogP contribution is -2.36. The van der Waals surface area contributed by atoms with Crippen LogP contribution in [0.2, 0.25) is 0 Å². The van der Waals surface area contributed by atoms with Crippen molar-refractivity contribution >= 4 is 5.91 Å². The Labute approximate surface area is 133 Å². The second kappa shape index (κ2) is 6.73. The lowest BCUT2D eigenvalue weighted by Gasteiger charge is -2.14. The summed E-state index contributed by atoms with van der Waals surface area (Å²) >= 11 is 0. The normalized spacial score (nSPS) is 15.0. The van der Waals surface area contributed by atoms with E-state index in [1.165, 1.54) is 43.4 Å². The average Bonchev–Trinajstić information content (AvgIpc) is 3.40. The largest absolute Gasteiger partial charge is 0.481 e. The van der Waals surface area contributed by atoms with Crippen molar-refractivity contribution in [2.24, 2.45) is 0 Å². The Balaban J connectivity index is 1.52. The number of hydrogen-bond acceptors (Lipinski definition) is 4. The van der Waals surface area contributed by atoms with Gasteiger partial charge in [0.05, 0.1) is 12.2 Å². The molecule has 1 aliphatic rings. The molecule has 3 rings (SSSR count). The number of aromatic nitrogens is 2. The van der Waals surface area contributed by atoms with Crippen LogP contribution >= 0.6 is 0 Å². The Morgan fingerprint density at radius 1 is 1.35 bits per heavy atom. The Hall–Kier alpha value is -2.50. The third kappa shape index (κ3) is 4.25. The van der Waals surface area contributed by atoms with Gasteiger partial charge in [-0.2, -0.15) is 0 Å².